The van der Waals surface area contributed by atoms with Crippen LogP contribution < -0.4 is 5.73 Å². The summed E-state index contributed by atoms with van der Waals surface area (Å²) < 4.78 is 38.3. The molecule has 1 amide bonds. The van der Waals surface area contributed by atoms with Crippen LogP contribution in [-0.4, -0.2) is 41.6 Å². The van der Waals surface area contributed by atoms with Crippen LogP contribution in [-0.2, 0) is 4.79 Å². The topological polar surface area (TPSA) is 78.9 Å². The number of hydrogen-bond acceptors (Lipinski definition) is 3. The molecule has 3 atom stereocenters. The number of nitrogens with zero attached hydrogens (tertiary/aromatic N) is 2. The highest BCUT2D eigenvalue weighted by molar-refractivity contribution is 5.83. The Morgan fingerprint density at radius 1 is 1.48 bits per heavy atom. The zero-order valence-corrected chi connectivity index (χ0v) is 12.2. The van der Waals surface area contributed by atoms with Gasteiger partial charge < -0.3 is 15.8 Å². The Labute approximate surface area is 122 Å². The van der Waals surface area contributed by atoms with Crippen molar-refractivity contribution in [3.8, 4) is 0 Å². The van der Waals surface area contributed by atoms with Gasteiger partial charge in [0.05, 0.1) is 5.92 Å². The van der Waals surface area contributed by atoms with E-state index in [0.29, 0.717) is 12.8 Å². The number of amidine groups is 1. The predicted octanol–water partition coefficient (Wildman–Crippen LogP) is 2.20. The summed E-state index contributed by atoms with van der Waals surface area (Å²) in [4.78, 5) is 13.6. The SMILES string of the molecule is CC(CN(C)C(=O)C1CCCC(C(F)(F)F)C1)C(N)=NO. The number of nitrogens with two attached hydrogens (primary N) is 1. The summed E-state index contributed by atoms with van der Waals surface area (Å²) in [6, 6.07) is 0. The van der Waals surface area contributed by atoms with Crippen molar-refractivity contribution in [3.63, 3.8) is 0 Å². The van der Waals surface area contributed by atoms with E-state index in [1.807, 2.05) is 0 Å². The Bertz CT molecular complexity index is 399. The van der Waals surface area contributed by atoms with Gasteiger partial charge in [-0.15, -0.1) is 0 Å². The van der Waals surface area contributed by atoms with Crippen LogP contribution in [0.25, 0.3) is 0 Å². The second kappa shape index (κ2) is 7.00. The van der Waals surface area contributed by atoms with Gasteiger partial charge in [0.2, 0.25) is 5.91 Å². The number of halogens is 3. The third kappa shape index (κ3) is 4.78. The minimum absolute atomic E-state index is 0.00791. The molecule has 0 spiro atoms. The smallest absolute Gasteiger partial charge is 0.391 e. The third-order valence-electron chi connectivity index (χ3n) is 4.03. The largest absolute Gasteiger partial charge is 0.409 e. The van der Waals surface area contributed by atoms with Crippen molar-refractivity contribution >= 4 is 11.7 Å². The maximum atomic E-state index is 12.8. The van der Waals surface area contributed by atoms with Crippen molar-refractivity contribution in [2.75, 3.05) is 13.6 Å². The van der Waals surface area contributed by atoms with Crippen molar-refractivity contribution in [2.24, 2.45) is 28.6 Å². The fourth-order valence-electron chi connectivity index (χ4n) is 2.72. The molecule has 1 rings (SSSR count). The first-order chi connectivity index (χ1) is 9.66. The Kier molecular flexibility index (Phi) is 5.86. The van der Waals surface area contributed by atoms with Gasteiger partial charge in [-0.05, 0) is 19.3 Å². The fraction of sp³-hybridized carbons (Fsp3) is 0.846. The average Bonchev–Trinajstić information content (AvgIpc) is 2.44. The summed E-state index contributed by atoms with van der Waals surface area (Å²) in [7, 11) is 1.53. The normalized spacial score (nSPS) is 25.5. The number of hydrogen-bond donors (Lipinski definition) is 2. The van der Waals surface area contributed by atoms with Gasteiger partial charge in [-0.1, -0.05) is 18.5 Å². The number of oxime groups is 1. The van der Waals surface area contributed by atoms with Gasteiger partial charge in [0.25, 0.3) is 0 Å². The summed E-state index contributed by atoms with van der Waals surface area (Å²) in [6.07, 6.45) is -3.40. The lowest BCUT2D eigenvalue weighted by Gasteiger charge is -2.32. The molecule has 1 fully saturated rings. The van der Waals surface area contributed by atoms with Crippen molar-refractivity contribution in [1.29, 1.82) is 0 Å². The molecule has 1 aliphatic carbocycles. The first kappa shape index (κ1) is 17.6. The van der Waals surface area contributed by atoms with Crippen LogP contribution in [0.2, 0.25) is 0 Å². The van der Waals surface area contributed by atoms with Crippen LogP contribution in [0, 0.1) is 17.8 Å². The first-order valence-electron chi connectivity index (χ1n) is 6.96. The van der Waals surface area contributed by atoms with Gasteiger partial charge in [0.15, 0.2) is 0 Å². The lowest BCUT2D eigenvalue weighted by Crippen LogP contribution is -2.41. The highest BCUT2D eigenvalue weighted by Crippen LogP contribution is 2.40. The molecule has 5 nitrogen and oxygen atoms in total. The summed E-state index contributed by atoms with van der Waals surface area (Å²) >= 11 is 0. The first-order valence-corrected chi connectivity index (χ1v) is 6.96. The van der Waals surface area contributed by atoms with E-state index in [4.69, 9.17) is 10.9 Å². The average molecular weight is 309 g/mol. The number of carbonyl (C=O) groups is 1. The second-order valence-corrected chi connectivity index (χ2v) is 5.75. The van der Waals surface area contributed by atoms with E-state index in [0.717, 1.165) is 0 Å². The van der Waals surface area contributed by atoms with Gasteiger partial charge in [0, 0.05) is 25.4 Å². The van der Waals surface area contributed by atoms with Crippen LogP contribution in [0.5, 0.6) is 0 Å². The van der Waals surface area contributed by atoms with Gasteiger partial charge >= 0.3 is 6.18 Å². The lowest BCUT2D eigenvalue weighted by atomic mass is 9.80. The van der Waals surface area contributed by atoms with Crippen molar-refractivity contribution in [2.45, 2.75) is 38.8 Å². The van der Waals surface area contributed by atoms with E-state index in [-0.39, 0.29) is 37.0 Å². The van der Waals surface area contributed by atoms with Crippen LogP contribution in [0.4, 0.5) is 13.2 Å². The molecule has 1 saturated carbocycles. The monoisotopic (exact) mass is 309 g/mol. The van der Waals surface area contributed by atoms with Gasteiger partial charge in [0.1, 0.15) is 5.84 Å². The summed E-state index contributed by atoms with van der Waals surface area (Å²) in [5.74, 6) is -2.66. The lowest BCUT2D eigenvalue weighted by molar-refractivity contribution is -0.187. The number of amides is 1. The summed E-state index contributed by atoms with van der Waals surface area (Å²) in [6.45, 7) is 1.89. The molecule has 8 heteroatoms. The highest BCUT2D eigenvalue weighted by Gasteiger charge is 2.44. The van der Waals surface area contributed by atoms with E-state index in [2.05, 4.69) is 5.16 Å². The number of rotatable bonds is 4. The third-order valence-corrected chi connectivity index (χ3v) is 4.03. The van der Waals surface area contributed by atoms with E-state index >= 15 is 0 Å². The molecule has 0 heterocycles. The molecule has 0 aromatic rings. The van der Waals surface area contributed by atoms with Crippen molar-refractivity contribution in [1.82, 2.24) is 4.90 Å². The molecule has 0 bridgehead atoms. The molecule has 0 radical (unpaired) electrons. The quantitative estimate of drug-likeness (QED) is 0.362. The molecule has 1 aliphatic rings. The second-order valence-electron chi connectivity index (χ2n) is 5.75. The number of carbonyl (C=O) groups excluding carboxylic acids is 1. The molecule has 0 aromatic heterocycles. The maximum absolute atomic E-state index is 12.8. The van der Waals surface area contributed by atoms with E-state index in [1.165, 1.54) is 11.9 Å². The highest BCUT2D eigenvalue weighted by atomic mass is 19.4. The van der Waals surface area contributed by atoms with E-state index < -0.39 is 18.0 Å². The van der Waals surface area contributed by atoms with Gasteiger partial charge in [-0.2, -0.15) is 13.2 Å². The minimum atomic E-state index is -4.24. The summed E-state index contributed by atoms with van der Waals surface area (Å²) in [5, 5.41) is 11.4. The summed E-state index contributed by atoms with van der Waals surface area (Å²) in [5.41, 5.74) is 5.44. The zero-order chi connectivity index (χ0) is 16.2. The fourth-order valence-corrected chi connectivity index (χ4v) is 2.72. The van der Waals surface area contributed by atoms with Crippen LogP contribution >= 0.6 is 0 Å². The molecular weight excluding hydrogens is 287 g/mol. The van der Waals surface area contributed by atoms with E-state index in [9.17, 15) is 18.0 Å². The molecule has 3 unspecified atom stereocenters. The van der Waals surface area contributed by atoms with E-state index in [1.54, 1.807) is 6.92 Å². The standard InChI is InChI=1S/C13H22F3N3O2/c1-8(11(17)18-21)7-19(2)12(20)9-4-3-5-10(6-9)13(14,15)16/h8-10,21H,3-7H2,1-2H3,(H2,17,18). The van der Waals surface area contributed by atoms with Crippen molar-refractivity contribution < 1.29 is 23.2 Å². The van der Waals surface area contributed by atoms with Gasteiger partial charge in [-0.3, -0.25) is 4.79 Å². The maximum Gasteiger partial charge on any atom is 0.391 e. The van der Waals surface area contributed by atoms with Crippen LogP contribution in [0.15, 0.2) is 5.16 Å². The molecule has 0 saturated heterocycles. The Morgan fingerprint density at radius 3 is 2.62 bits per heavy atom. The minimum Gasteiger partial charge on any atom is -0.409 e. The molecule has 21 heavy (non-hydrogen) atoms. The van der Waals surface area contributed by atoms with Gasteiger partial charge in [-0.25, -0.2) is 0 Å². The number of alkyl halides is 3. The zero-order valence-electron chi connectivity index (χ0n) is 12.2. The Morgan fingerprint density at radius 2 is 2.10 bits per heavy atom. The van der Waals surface area contributed by atoms with Crippen LogP contribution in [0.1, 0.15) is 32.6 Å². The van der Waals surface area contributed by atoms with Crippen LogP contribution in [0.3, 0.4) is 0 Å². The molecule has 3 N–H and O–H groups in total. The molecule has 122 valence electrons. The Balaban J connectivity index is 2.61. The molecular formula is C13H22F3N3O2. The predicted molar refractivity (Wildman–Crippen MR) is 71.7 cm³/mol. The Hall–Kier alpha value is -1.47. The molecule has 0 aliphatic heterocycles. The van der Waals surface area contributed by atoms with Crippen molar-refractivity contribution in [3.05, 3.63) is 0 Å². The molecule has 0 aromatic carbocycles.